The molecular weight excluding hydrogens is 400 g/mol. The van der Waals surface area contributed by atoms with Crippen molar-refractivity contribution in [2.45, 2.75) is 94.9 Å². The average Bonchev–Trinajstić information content (AvgIpc) is 2.65. The van der Waals surface area contributed by atoms with Crippen LogP contribution in [0.2, 0.25) is 0 Å². The van der Waals surface area contributed by atoms with Gasteiger partial charge in [-0.15, -0.1) is 0 Å². The summed E-state index contributed by atoms with van der Waals surface area (Å²) in [6.07, 6.45) is 11.8. The molecule has 7 nitrogen and oxygen atoms in total. The Balaban J connectivity index is 4.10. The number of carbonyl (C=O) groups is 3. The van der Waals surface area contributed by atoms with Crippen LogP contribution >= 0.6 is 21.6 Å². The van der Waals surface area contributed by atoms with Crippen molar-refractivity contribution >= 4 is 39.3 Å². The molecule has 0 aliphatic heterocycles. The van der Waals surface area contributed by atoms with E-state index in [1.807, 2.05) is 0 Å². The zero-order valence-corrected chi connectivity index (χ0v) is 18.4. The van der Waals surface area contributed by atoms with Gasteiger partial charge in [-0.3, -0.25) is 14.4 Å². The highest BCUT2D eigenvalue weighted by Crippen LogP contribution is 2.30. The maximum absolute atomic E-state index is 12.4. The molecule has 0 fully saturated rings. The zero-order chi connectivity index (χ0) is 21.4. The average molecular weight is 437 g/mol. The number of nitrogens with two attached hydrogens (primary N) is 2. The standard InChI is InChI=1S/C19H36N2O5S2/c1-2-3-4-5-6-7-8-9-10-11-12-15(22)17(16(21)19(25)26)28-27-13-14(20)18(23)24/h14,16-17H,2-13,20-21H2,1H3,(H,23,24)(H,25,26)/t14-,16-,17?/m0/s1. The van der Waals surface area contributed by atoms with Crippen molar-refractivity contribution in [3.05, 3.63) is 0 Å². The summed E-state index contributed by atoms with van der Waals surface area (Å²) in [7, 11) is 2.09. The van der Waals surface area contributed by atoms with Crippen molar-refractivity contribution in [1.29, 1.82) is 0 Å². The van der Waals surface area contributed by atoms with Gasteiger partial charge in [-0.2, -0.15) is 0 Å². The Morgan fingerprint density at radius 2 is 1.32 bits per heavy atom. The molecule has 28 heavy (non-hydrogen) atoms. The van der Waals surface area contributed by atoms with Crippen LogP contribution < -0.4 is 11.5 Å². The van der Waals surface area contributed by atoms with E-state index in [9.17, 15) is 14.4 Å². The second kappa shape index (κ2) is 17.1. The second-order valence-corrected chi connectivity index (χ2v) is 9.56. The predicted molar refractivity (Wildman–Crippen MR) is 117 cm³/mol. The van der Waals surface area contributed by atoms with Gasteiger partial charge in [0, 0.05) is 12.2 Å². The molecule has 0 bridgehead atoms. The van der Waals surface area contributed by atoms with E-state index in [-0.39, 0.29) is 11.5 Å². The zero-order valence-electron chi connectivity index (χ0n) is 16.8. The number of rotatable bonds is 19. The van der Waals surface area contributed by atoms with Crippen LogP contribution in [0.15, 0.2) is 0 Å². The molecule has 3 atom stereocenters. The fraction of sp³-hybridized carbons (Fsp3) is 0.842. The van der Waals surface area contributed by atoms with E-state index >= 15 is 0 Å². The fourth-order valence-corrected chi connectivity index (χ4v) is 5.40. The highest BCUT2D eigenvalue weighted by Gasteiger charge is 2.31. The molecule has 0 aliphatic rings. The van der Waals surface area contributed by atoms with Crippen molar-refractivity contribution in [2.24, 2.45) is 11.5 Å². The number of unbranched alkanes of at least 4 members (excludes halogenated alkanes) is 9. The molecule has 6 N–H and O–H groups in total. The monoisotopic (exact) mass is 436 g/mol. The molecule has 0 amide bonds. The molecule has 164 valence electrons. The van der Waals surface area contributed by atoms with Gasteiger partial charge in [0.05, 0.1) is 5.25 Å². The summed E-state index contributed by atoms with van der Waals surface area (Å²) in [5.41, 5.74) is 11.1. The molecule has 0 aromatic heterocycles. The summed E-state index contributed by atoms with van der Waals surface area (Å²) < 4.78 is 0. The minimum Gasteiger partial charge on any atom is -0.480 e. The quantitative estimate of drug-likeness (QED) is 0.177. The summed E-state index contributed by atoms with van der Waals surface area (Å²) in [6.45, 7) is 2.21. The van der Waals surface area contributed by atoms with E-state index in [0.717, 1.165) is 47.3 Å². The molecule has 0 heterocycles. The third kappa shape index (κ3) is 13.4. The lowest BCUT2D eigenvalue weighted by Gasteiger charge is -2.19. The highest BCUT2D eigenvalue weighted by atomic mass is 33.1. The Bertz CT molecular complexity index is 466. The van der Waals surface area contributed by atoms with Crippen LogP contribution in [0.3, 0.4) is 0 Å². The second-order valence-electron chi connectivity index (χ2n) is 7.01. The first-order valence-corrected chi connectivity index (χ1v) is 12.5. The molecule has 0 aromatic rings. The summed E-state index contributed by atoms with van der Waals surface area (Å²) in [4.78, 5) is 34.3. The number of ketones is 1. The third-order valence-corrected chi connectivity index (χ3v) is 7.28. The third-order valence-electron chi connectivity index (χ3n) is 4.44. The normalized spacial score (nSPS) is 14.4. The Labute approximate surface area is 176 Å². The van der Waals surface area contributed by atoms with Crippen LogP contribution in [0.4, 0.5) is 0 Å². The minimum atomic E-state index is -1.31. The van der Waals surface area contributed by atoms with E-state index < -0.39 is 29.3 Å². The Hall–Kier alpha value is -0.770. The van der Waals surface area contributed by atoms with Crippen LogP contribution in [0.25, 0.3) is 0 Å². The van der Waals surface area contributed by atoms with Crippen molar-refractivity contribution in [3.63, 3.8) is 0 Å². The first-order chi connectivity index (χ1) is 13.3. The summed E-state index contributed by atoms with van der Waals surface area (Å²) in [5, 5.41) is 17.0. The molecule has 0 rings (SSSR count). The van der Waals surface area contributed by atoms with Crippen LogP contribution in [0.5, 0.6) is 0 Å². The number of carboxylic acids is 2. The maximum atomic E-state index is 12.4. The van der Waals surface area contributed by atoms with Gasteiger partial charge < -0.3 is 21.7 Å². The Morgan fingerprint density at radius 1 is 0.821 bits per heavy atom. The lowest BCUT2D eigenvalue weighted by atomic mass is 10.0. The van der Waals surface area contributed by atoms with Crippen LogP contribution in [0.1, 0.15) is 77.6 Å². The predicted octanol–water partition coefficient (Wildman–Crippen LogP) is 3.44. The van der Waals surface area contributed by atoms with Gasteiger partial charge in [-0.05, 0) is 6.42 Å². The van der Waals surface area contributed by atoms with Gasteiger partial charge >= 0.3 is 11.9 Å². The van der Waals surface area contributed by atoms with Gasteiger partial charge in [0.2, 0.25) is 0 Å². The van der Waals surface area contributed by atoms with Crippen LogP contribution in [-0.2, 0) is 14.4 Å². The molecule has 0 saturated carbocycles. The summed E-state index contributed by atoms with van der Waals surface area (Å²) in [6, 6.07) is -2.37. The van der Waals surface area contributed by atoms with Gasteiger partial charge in [0.1, 0.15) is 17.9 Å². The topological polar surface area (TPSA) is 144 Å². The Kier molecular flexibility index (Phi) is 16.6. The van der Waals surface area contributed by atoms with Gasteiger partial charge in [-0.25, -0.2) is 0 Å². The molecule has 0 aromatic carbocycles. The molecule has 0 radical (unpaired) electrons. The lowest BCUT2D eigenvalue weighted by molar-refractivity contribution is -0.140. The number of aliphatic carboxylic acids is 2. The van der Waals surface area contributed by atoms with Gasteiger partial charge in [-0.1, -0.05) is 86.3 Å². The van der Waals surface area contributed by atoms with Crippen LogP contribution in [-0.4, -0.2) is 51.0 Å². The molecule has 0 saturated heterocycles. The molecule has 0 aliphatic carbocycles. The molecular formula is C19H36N2O5S2. The smallest absolute Gasteiger partial charge is 0.322 e. The largest absolute Gasteiger partial charge is 0.480 e. The van der Waals surface area contributed by atoms with Crippen molar-refractivity contribution in [1.82, 2.24) is 0 Å². The first kappa shape index (κ1) is 27.2. The van der Waals surface area contributed by atoms with E-state index in [0.29, 0.717) is 6.42 Å². The lowest BCUT2D eigenvalue weighted by Crippen LogP contribution is -2.44. The SMILES string of the molecule is CCCCCCCCCCCCC(=O)C(SSC[C@H](N)C(=O)O)[C@H](N)C(=O)O. The summed E-state index contributed by atoms with van der Waals surface area (Å²) in [5.74, 6) is -2.49. The molecule has 0 spiro atoms. The highest BCUT2D eigenvalue weighted by molar-refractivity contribution is 8.77. The fourth-order valence-electron chi connectivity index (χ4n) is 2.63. The molecule has 1 unspecified atom stereocenters. The summed E-state index contributed by atoms with van der Waals surface area (Å²) >= 11 is 0. The number of carbonyl (C=O) groups excluding carboxylic acids is 1. The van der Waals surface area contributed by atoms with Gasteiger partial charge in [0.15, 0.2) is 0 Å². The number of carboxylic acid groups (broad SMARTS) is 2. The number of hydrogen-bond donors (Lipinski definition) is 4. The first-order valence-electron chi connectivity index (χ1n) is 10.1. The number of Topliss-reactive ketones (excluding diaryl/α,β-unsaturated/α-hetero) is 1. The van der Waals surface area contributed by atoms with Crippen molar-refractivity contribution < 1.29 is 24.6 Å². The van der Waals surface area contributed by atoms with Crippen molar-refractivity contribution in [3.8, 4) is 0 Å². The van der Waals surface area contributed by atoms with Gasteiger partial charge in [0.25, 0.3) is 0 Å². The molecule has 9 heteroatoms. The Morgan fingerprint density at radius 3 is 1.79 bits per heavy atom. The van der Waals surface area contributed by atoms with Crippen molar-refractivity contribution in [2.75, 3.05) is 5.75 Å². The van der Waals surface area contributed by atoms with Crippen LogP contribution in [0, 0.1) is 0 Å². The minimum absolute atomic E-state index is 0.0778. The maximum Gasteiger partial charge on any atom is 0.322 e. The van der Waals surface area contributed by atoms with E-state index in [4.69, 9.17) is 21.7 Å². The van der Waals surface area contributed by atoms with E-state index in [1.54, 1.807) is 0 Å². The number of hydrogen-bond acceptors (Lipinski definition) is 7. The van der Waals surface area contributed by atoms with E-state index in [2.05, 4.69) is 6.92 Å². The van der Waals surface area contributed by atoms with E-state index in [1.165, 1.54) is 38.5 Å².